The van der Waals surface area contributed by atoms with Crippen molar-refractivity contribution >= 4 is 10.8 Å². The van der Waals surface area contributed by atoms with E-state index in [0.29, 0.717) is 0 Å². The summed E-state index contributed by atoms with van der Waals surface area (Å²) in [5, 5.41) is 2.78. The molecule has 26 heavy (non-hydrogen) atoms. The molecule has 0 N–H and O–H groups in total. The van der Waals surface area contributed by atoms with Crippen LogP contribution >= 0.6 is 0 Å². The maximum atomic E-state index is 2.41. The zero-order valence-electron chi connectivity index (χ0n) is 16.7. The first-order valence-corrected chi connectivity index (χ1v) is 9.78. The molecule has 0 atom stereocenters. The van der Waals surface area contributed by atoms with Crippen LogP contribution in [0.2, 0.25) is 0 Å². The Hall–Kier alpha value is -1.08. The van der Waals surface area contributed by atoms with Gasteiger partial charge in [-0.15, -0.1) is 34.5 Å². The first kappa shape index (κ1) is 21.2. The number of fused-ring (bicyclic) bond motifs is 1. The van der Waals surface area contributed by atoms with Gasteiger partial charge in [0.15, 0.2) is 0 Å². The third kappa shape index (κ3) is 5.00. The monoisotopic (exact) mass is 511 g/mol. The fourth-order valence-corrected chi connectivity index (χ4v) is 3.60. The topological polar surface area (TPSA) is 0 Å². The van der Waals surface area contributed by atoms with E-state index in [-0.39, 0.29) is 31.3 Å². The Morgan fingerprint density at radius 3 is 2.27 bits per heavy atom. The van der Waals surface area contributed by atoms with E-state index in [4.69, 9.17) is 0 Å². The SMILES string of the molecule is CCCCCCc1cc2c(-c3ccc(C(C)(C)C)cc3)cccc2[cH-]1.[Hf]. The first-order chi connectivity index (χ1) is 12.0. The summed E-state index contributed by atoms with van der Waals surface area (Å²) in [6.07, 6.45) is 6.51. The zero-order valence-corrected chi connectivity index (χ0v) is 20.3. The van der Waals surface area contributed by atoms with E-state index in [1.165, 1.54) is 65.1 Å². The Labute approximate surface area is 178 Å². The van der Waals surface area contributed by atoms with E-state index < -0.39 is 0 Å². The van der Waals surface area contributed by atoms with Gasteiger partial charge in [0.2, 0.25) is 0 Å². The van der Waals surface area contributed by atoms with Gasteiger partial charge in [-0.05, 0) is 23.0 Å². The van der Waals surface area contributed by atoms with Gasteiger partial charge in [0.05, 0.1) is 0 Å². The predicted molar refractivity (Wildman–Crippen MR) is 112 cm³/mol. The van der Waals surface area contributed by atoms with Crippen molar-refractivity contribution < 1.29 is 25.8 Å². The van der Waals surface area contributed by atoms with Crippen molar-refractivity contribution in [3.63, 3.8) is 0 Å². The Kier molecular flexibility index (Phi) is 7.52. The summed E-state index contributed by atoms with van der Waals surface area (Å²) >= 11 is 0. The van der Waals surface area contributed by atoms with Gasteiger partial charge in [0.25, 0.3) is 0 Å². The van der Waals surface area contributed by atoms with Gasteiger partial charge in [-0.25, -0.2) is 0 Å². The Morgan fingerprint density at radius 2 is 1.62 bits per heavy atom. The summed E-state index contributed by atoms with van der Waals surface area (Å²) in [7, 11) is 0. The molecule has 0 radical (unpaired) electrons. The molecule has 3 aromatic rings. The fourth-order valence-electron chi connectivity index (χ4n) is 3.60. The molecule has 3 rings (SSSR count). The maximum absolute atomic E-state index is 2.41. The third-order valence-electron chi connectivity index (χ3n) is 5.19. The van der Waals surface area contributed by atoms with E-state index in [1.807, 2.05) is 0 Å². The van der Waals surface area contributed by atoms with Crippen LogP contribution in [0.3, 0.4) is 0 Å². The second-order valence-corrected chi connectivity index (χ2v) is 8.31. The van der Waals surface area contributed by atoms with E-state index in [0.717, 1.165) is 0 Å². The van der Waals surface area contributed by atoms with Crippen molar-refractivity contribution in [2.24, 2.45) is 0 Å². The van der Waals surface area contributed by atoms with Crippen LogP contribution in [0.5, 0.6) is 0 Å². The molecule has 0 unspecified atom stereocenters. The molecule has 0 amide bonds. The third-order valence-corrected chi connectivity index (χ3v) is 5.19. The molecule has 0 aliphatic heterocycles. The largest absolute Gasteiger partial charge is 0.164 e. The summed E-state index contributed by atoms with van der Waals surface area (Å²) in [6.45, 7) is 9.08. The summed E-state index contributed by atoms with van der Waals surface area (Å²) in [5.74, 6) is 0. The van der Waals surface area contributed by atoms with Gasteiger partial charge < -0.3 is 0 Å². The van der Waals surface area contributed by atoms with Gasteiger partial charge in [-0.2, -0.15) is 6.07 Å². The Morgan fingerprint density at radius 1 is 0.885 bits per heavy atom. The van der Waals surface area contributed by atoms with Crippen molar-refractivity contribution in [2.75, 3.05) is 0 Å². The number of aryl methyl sites for hydroxylation is 1. The molecule has 0 saturated heterocycles. The molecule has 136 valence electrons. The molecule has 0 fully saturated rings. The maximum Gasteiger partial charge on any atom is 0 e. The van der Waals surface area contributed by atoms with Gasteiger partial charge in [0, 0.05) is 25.8 Å². The molecule has 0 aliphatic rings. The number of hydrogen-bond acceptors (Lipinski definition) is 0. The van der Waals surface area contributed by atoms with Gasteiger partial charge in [-0.3, -0.25) is 0 Å². The average molecular weight is 510 g/mol. The first-order valence-electron chi connectivity index (χ1n) is 9.78. The molecular weight excluding hydrogens is 479 g/mol. The van der Waals surface area contributed by atoms with Crippen LogP contribution in [0.4, 0.5) is 0 Å². The molecule has 1 heteroatoms. The van der Waals surface area contributed by atoms with E-state index in [9.17, 15) is 0 Å². The second kappa shape index (κ2) is 9.22. The van der Waals surface area contributed by atoms with Crippen LogP contribution in [0.1, 0.15) is 64.5 Å². The summed E-state index contributed by atoms with van der Waals surface area (Å²) in [6, 6.07) is 20.6. The fraction of sp³-hybridized carbons (Fsp3) is 0.400. The second-order valence-electron chi connectivity index (χ2n) is 8.31. The number of rotatable bonds is 6. The number of hydrogen-bond donors (Lipinski definition) is 0. The van der Waals surface area contributed by atoms with Crippen LogP contribution in [-0.4, -0.2) is 0 Å². The van der Waals surface area contributed by atoms with Gasteiger partial charge >= 0.3 is 0 Å². The average Bonchev–Trinajstić information content (AvgIpc) is 3.01. The summed E-state index contributed by atoms with van der Waals surface area (Å²) < 4.78 is 0. The molecule has 0 nitrogen and oxygen atoms in total. The van der Waals surface area contributed by atoms with Crippen LogP contribution < -0.4 is 0 Å². The van der Waals surface area contributed by atoms with Crippen molar-refractivity contribution in [1.29, 1.82) is 0 Å². The van der Waals surface area contributed by atoms with Crippen molar-refractivity contribution in [1.82, 2.24) is 0 Å². The van der Waals surface area contributed by atoms with Crippen molar-refractivity contribution in [2.45, 2.75) is 65.2 Å². The van der Waals surface area contributed by atoms with Gasteiger partial charge in [-0.1, -0.05) is 89.3 Å². The Balaban J connectivity index is 0.00000243. The van der Waals surface area contributed by atoms with Crippen molar-refractivity contribution in [3.05, 3.63) is 65.7 Å². The Bertz CT molecular complexity index is 815. The van der Waals surface area contributed by atoms with Crippen LogP contribution in [0.15, 0.2) is 54.6 Å². The number of benzene rings is 2. The molecule has 0 heterocycles. The van der Waals surface area contributed by atoms with Crippen LogP contribution in [0, 0.1) is 0 Å². The van der Waals surface area contributed by atoms with Crippen LogP contribution in [-0.2, 0) is 37.7 Å². The van der Waals surface area contributed by atoms with E-state index in [1.54, 1.807) is 0 Å². The normalized spacial score (nSPS) is 11.5. The smallest absolute Gasteiger partial charge is 0 e. The number of unbranched alkanes of at least 4 members (excludes halogenated alkanes) is 3. The van der Waals surface area contributed by atoms with Gasteiger partial charge in [0.1, 0.15) is 0 Å². The van der Waals surface area contributed by atoms with Crippen LogP contribution in [0.25, 0.3) is 21.9 Å². The summed E-state index contributed by atoms with van der Waals surface area (Å²) in [5.41, 5.74) is 5.77. The molecule has 3 aromatic carbocycles. The molecule has 0 spiro atoms. The standard InChI is InChI=1S/C25H31.Hf/c1-5-6-7-8-10-19-17-21-11-9-12-23(24(21)18-19)20-13-15-22(16-14-20)25(2,3)4;/h9,11-18H,5-8,10H2,1-4H3;/q-1;. The minimum atomic E-state index is 0. The molecular formula is C25H31Hf-. The summed E-state index contributed by atoms with van der Waals surface area (Å²) in [4.78, 5) is 0. The van der Waals surface area contributed by atoms with Crippen molar-refractivity contribution in [3.8, 4) is 11.1 Å². The molecule has 0 aliphatic carbocycles. The predicted octanol–water partition coefficient (Wildman–Crippen LogP) is 7.64. The zero-order chi connectivity index (χ0) is 17.9. The minimum Gasteiger partial charge on any atom is -0.164 e. The molecule has 0 aromatic heterocycles. The molecule has 0 bridgehead atoms. The van der Waals surface area contributed by atoms with E-state index >= 15 is 0 Å². The minimum absolute atomic E-state index is 0. The van der Waals surface area contributed by atoms with E-state index in [2.05, 4.69) is 82.3 Å². The molecule has 0 saturated carbocycles. The quantitative estimate of drug-likeness (QED) is 0.182.